The van der Waals surface area contributed by atoms with Crippen LogP contribution in [0.3, 0.4) is 0 Å². The first-order valence-electron chi connectivity index (χ1n) is 8.39. The molecular formula is C18H29ClFN3O2. The molecular weight excluding hydrogens is 345 g/mol. The maximum atomic E-state index is 13.5. The third-order valence-corrected chi connectivity index (χ3v) is 4.70. The van der Waals surface area contributed by atoms with Gasteiger partial charge in [0.15, 0.2) is 11.6 Å². The van der Waals surface area contributed by atoms with Crippen LogP contribution in [-0.4, -0.2) is 61.6 Å². The van der Waals surface area contributed by atoms with E-state index in [9.17, 15) is 9.18 Å². The molecule has 5 nitrogen and oxygen atoms in total. The highest BCUT2D eigenvalue weighted by Gasteiger charge is 2.34. The van der Waals surface area contributed by atoms with E-state index in [4.69, 9.17) is 10.5 Å². The van der Waals surface area contributed by atoms with E-state index in [0.717, 1.165) is 19.5 Å². The molecule has 2 N–H and O–H groups in total. The van der Waals surface area contributed by atoms with Crippen LogP contribution in [0.5, 0.6) is 5.75 Å². The minimum absolute atomic E-state index is 0. The first-order valence-corrected chi connectivity index (χ1v) is 8.39. The molecule has 0 saturated carbocycles. The smallest absolute Gasteiger partial charge is 0.236 e. The number of piperidine rings is 1. The van der Waals surface area contributed by atoms with Gasteiger partial charge in [-0.05, 0) is 24.0 Å². The molecule has 1 heterocycles. The summed E-state index contributed by atoms with van der Waals surface area (Å²) in [6.07, 6.45) is 0.903. The van der Waals surface area contributed by atoms with Gasteiger partial charge < -0.3 is 15.4 Å². The molecule has 1 amide bonds. The number of nitrogens with two attached hydrogens (primary N) is 1. The zero-order chi connectivity index (χ0) is 17.7. The second-order valence-electron chi connectivity index (χ2n) is 7.19. The summed E-state index contributed by atoms with van der Waals surface area (Å²) in [5.41, 5.74) is 6.15. The Bertz CT molecular complexity index is 571. The number of ether oxygens (including phenoxy) is 1. The lowest BCUT2D eigenvalue weighted by Gasteiger charge is -2.42. The van der Waals surface area contributed by atoms with Crippen molar-refractivity contribution in [1.82, 2.24) is 9.80 Å². The number of rotatable bonds is 6. The number of hydrogen-bond acceptors (Lipinski definition) is 4. The summed E-state index contributed by atoms with van der Waals surface area (Å²) >= 11 is 0. The summed E-state index contributed by atoms with van der Waals surface area (Å²) in [4.78, 5) is 16.1. The molecule has 1 fully saturated rings. The Morgan fingerprint density at radius 3 is 2.76 bits per heavy atom. The summed E-state index contributed by atoms with van der Waals surface area (Å²) in [6, 6.07) is 6.44. The van der Waals surface area contributed by atoms with Crippen LogP contribution in [0, 0.1) is 11.2 Å². The summed E-state index contributed by atoms with van der Waals surface area (Å²) < 4.78 is 18.9. The number of likely N-dealkylation sites (N-methyl/N-ethyl adjacent to an activating group) is 1. The van der Waals surface area contributed by atoms with E-state index in [-0.39, 0.29) is 42.1 Å². The molecule has 25 heavy (non-hydrogen) atoms. The maximum Gasteiger partial charge on any atom is 0.236 e. The fourth-order valence-corrected chi connectivity index (χ4v) is 2.91. The third kappa shape index (κ3) is 6.13. The standard InChI is InChI=1S/C18H28FN3O2.ClH/c1-18(2)13-22(9-8-16(18)20)12-17(23)21(3)10-11-24-15-7-5-4-6-14(15)19;/h4-7,16H,8-13,20H2,1-3H3;1H. The maximum absolute atomic E-state index is 13.5. The highest BCUT2D eigenvalue weighted by Crippen LogP contribution is 2.27. The number of likely N-dealkylation sites (tertiary alicyclic amines) is 1. The topological polar surface area (TPSA) is 58.8 Å². The first-order chi connectivity index (χ1) is 11.3. The predicted molar refractivity (Wildman–Crippen MR) is 99.6 cm³/mol. The molecule has 1 unspecified atom stereocenters. The van der Waals surface area contributed by atoms with Gasteiger partial charge in [-0.25, -0.2) is 4.39 Å². The number of carbonyl (C=O) groups excluding carboxylic acids is 1. The van der Waals surface area contributed by atoms with Crippen molar-refractivity contribution in [3.8, 4) is 5.75 Å². The largest absolute Gasteiger partial charge is 0.489 e. The van der Waals surface area contributed by atoms with Gasteiger partial charge in [0, 0.05) is 26.2 Å². The minimum Gasteiger partial charge on any atom is -0.489 e. The Morgan fingerprint density at radius 2 is 2.12 bits per heavy atom. The van der Waals surface area contributed by atoms with Crippen molar-refractivity contribution in [1.29, 1.82) is 0 Å². The number of amides is 1. The zero-order valence-corrected chi connectivity index (χ0v) is 16.0. The molecule has 0 radical (unpaired) electrons. The van der Waals surface area contributed by atoms with Gasteiger partial charge >= 0.3 is 0 Å². The molecule has 2 rings (SSSR count). The molecule has 0 aromatic heterocycles. The van der Waals surface area contributed by atoms with E-state index in [2.05, 4.69) is 18.7 Å². The quantitative estimate of drug-likeness (QED) is 0.830. The SMILES string of the molecule is CN(CCOc1ccccc1F)C(=O)CN1CCC(N)C(C)(C)C1.Cl. The van der Waals surface area contributed by atoms with E-state index in [1.807, 2.05) is 0 Å². The van der Waals surface area contributed by atoms with Gasteiger partial charge in [0.25, 0.3) is 0 Å². The fraction of sp³-hybridized carbons (Fsp3) is 0.611. The van der Waals surface area contributed by atoms with Gasteiger partial charge in [-0.2, -0.15) is 0 Å². The van der Waals surface area contributed by atoms with Gasteiger partial charge in [0.2, 0.25) is 5.91 Å². The number of para-hydroxylation sites is 1. The van der Waals surface area contributed by atoms with Crippen LogP contribution in [0.1, 0.15) is 20.3 Å². The number of halogens is 2. The number of carbonyl (C=O) groups is 1. The fourth-order valence-electron chi connectivity index (χ4n) is 2.91. The van der Waals surface area contributed by atoms with Crippen LogP contribution < -0.4 is 10.5 Å². The normalized spacial score (nSPS) is 19.8. The molecule has 142 valence electrons. The number of hydrogen-bond donors (Lipinski definition) is 1. The molecule has 1 saturated heterocycles. The van der Waals surface area contributed by atoms with Crippen molar-refractivity contribution < 1.29 is 13.9 Å². The van der Waals surface area contributed by atoms with E-state index >= 15 is 0 Å². The lowest BCUT2D eigenvalue weighted by Crippen LogP contribution is -2.54. The van der Waals surface area contributed by atoms with Crippen LogP contribution in [-0.2, 0) is 4.79 Å². The third-order valence-electron chi connectivity index (χ3n) is 4.70. The molecule has 0 aliphatic carbocycles. The summed E-state index contributed by atoms with van der Waals surface area (Å²) in [5, 5.41) is 0. The second kappa shape index (κ2) is 9.36. The van der Waals surface area contributed by atoms with Crippen LogP contribution in [0.15, 0.2) is 24.3 Å². The van der Waals surface area contributed by atoms with E-state index in [0.29, 0.717) is 13.1 Å². The van der Waals surface area contributed by atoms with Crippen LogP contribution in [0.2, 0.25) is 0 Å². The molecule has 0 bridgehead atoms. The summed E-state index contributed by atoms with van der Waals surface area (Å²) in [5.74, 6) is -0.137. The average molecular weight is 374 g/mol. The van der Waals surface area contributed by atoms with Crippen LogP contribution in [0.4, 0.5) is 4.39 Å². The highest BCUT2D eigenvalue weighted by atomic mass is 35.5. The van der Waals surface area contributed by atoms with Gasteiger partial charge in [-0.15, -0.1) is 12.4 Å². The Hall–Kier alpha value is -1.37. The molecule has 1 aromatic rings. The van der Waals surface area contributed by atoms with Crippen molar-refractivity contribution in [2.24, 2.45) is 11.1 Å². The molecule has 1 atom stereocenters. The van der Waals surface area contributed by atoms with E-state index < -0.39 is 5.82 Å². The Kier molecular flexibility index (Phi) is 8.12. The highest BCUT2D eigenvalue weighted by molar-refractivity contribution is 5.85. The second-order valence-corrected chi connectivity index (χ2v) is 7.19. The van der Waals surface area contributed by atoms with Crippen LogP contribution in [0.25, 0.3) is 0 Å². The summed E-state index contributed by atoms with van der Waals surface area (Å²) in [6.45, 7) is 7.01. The Morgan fingerprint density at radius 1 is 1.44 bits per heavy atom. The van der Waals surface area contributed by atoms with E-state index in [1.54, 1.807) is 30.1 Å². The van der Waals surface area contributed by atoms with Gasteiger partial charge in [-0.3, -0.25) is 9.69 Å². The van der Waals surface area contributed by atoms with E-state index in [1.165, 1.54) is 6.07 Å². The molecule has 1 aromatic carbocycles. The van der Waals surface area contributed by atoms with Crippen molar-refractivity contribution in [2.45, 2.75) is 26.3 Å². The van der Waals surface area contributed by atoms with Gasteiger partial charge in [-0.1, -0.05) is 26.0 Å². The molecule has 0 spiro atoms. The lowest BCUT2D eigenvalue weighted by atomic mass is 9.80. The van der Waals surface area contributed by atoms with Crippen molar-refractivity contribution in [3.05, 3.63) is 30.1 Å². The van der Waals surface area contributed by atoms with Crippen LogP contribution >= 0.6 is 12.4 Å². The molecule has 1 aliphatic rings. The average Bonchev–Trinajstić information content (AvgIpc) is 2.52. The number of nitrogens with zero attached hydrogens (tertiary/aromatic N) is 2. The molecule has 1 aliphatic heterocycles. The van der Waals surface area contributed by atoms with Crippen molar-refractivity contribution in [2.75, 3.05) is 39.8 Å². The van der Waals surface area contributed by atoms with Gasteiger partial charge in [0.05, 0.1) is 13.1 Å². The van der Waals surface area contributed by atoms with Gasteiger partial charge in [0.1, 0.15) is 6.61 Å². The first kappa shape index (κ1) is 21.7. The summed E-state index contributed by atoms with van der Waals surface area (Å²) in [7, 11) is 1.74. The zero-order valence-electron chi connectivity index (χ0n) is 15.2. The minimum atomic E-state index is -0.390. The lowest BCUT2D eigenvalue weighted by molar-refractivity contribution is -0.132. The van der Waals surface area contributed by atoms with Crippen molar-refractivity contribution in [3.63, 3.8) is 0 Å². The Balaban J connectivity index is 0.00000312. The number of benzene rings is 1. The Labute approximate surface area is 155 Å². The van der Waals surface area contributed by atoms with Crippen molar-refractivity contribution >= 4 is 18.3 Å². The monoisotopic (exact) mass is 373 g/mol. The molecule has 7 heteroatoms. The predicted octanol–water partition coefficient (Wildman–Crippen LogP) is 2.14.